The van der Waals surface area contributed by atoms with Crippen LogP contribution in [0.2, 0.25) is 0 Å². The van der Waals surface area contributed by atoms with Gasteiger partial charge in [0.05, 0.1) is 0 Å². The predicted molar refractivity (Wildman–Crippen MR) is 155 cm³/mol. The van der Waals surface area contributed by atoms with Crippen molar-refractivity contribution in [2.24, 2.45) is 0 Å². The van der Waals surface area contributed by atoms with Crippen LogP contribution in [0.3, 0.4) is 0 Å². The van der Waals surface area contributed by atoms with E-state index in [1.165, 1.54) is 66.1 Å². The van der Waals surface area contributed by atoms with Crippen molar-refractivity contribution >= 4 is 37.5 Å². The number of benzene rings is 6. The van der Waals surface area contributed by atoms with Crippen molar-refractivity contribution in [2.45, 2.75) is 13.8 Å². The van der Waals surface area contributed by atoms with Crippen LogP contribution in [0.1, 0.15) is 11.1 Å². The van der Waals surface area contributed by atoms with Gasteiger partial charge in [0.25, 0.3) is 0 Å². The maximum Gasteiger partial charge on any atom is 0.0175 e. The fourth-order valence-electron chi connectivity index (χ4n) is 5.26. The zero-order valence-corrected chi connectivity index (χ0v) is 21.4. The number of aryl methyl sites for hydroxylation is 2. The van der Waals surface area contributed by atoms with Gasteiger partial charge in [-0.25, -0.2) is 0 Å². The fraction of sp³-hybridized carbons (Fsp3) is 0.0588. The molecule has 0 aromatic heterocycles. The summed E-state index contributed by atoms with van der Waals surface area (Å²) in [4.78, 5) is 0. The third-order valence-corrected chi connectivity index (χ3v) is 7.60. The van der Waals surface area contributed by atoms with E-state index in [4.69, 9.17) is 0 Å². The molecule has 0 fully saturated rings. The molecule has 6 aromatic carbocycles. The summed E-state index contributed by atoms with van der Waals surface area (Å²) in [5.41, 5.74) is 10.2. The molecular formula is C34H25Br. The fourth-order valence-corrected chi connectivity index (χ4v) is 5.52. The Kier molecular flexibility index (Phi) is 5.51. The predicted octanol–water partition coefficient (Wildman–Crippen LogP) is 10.4. The summed E-state index contributed by atoms with van der Waals surface area (Å²) in [5.74, 6) is 0. The van der Waals surface area contributed by atoms with E-state index in [-0.39, 0.29) is 0 Å². The van der Waals surface area contributed by atoms with Crippen LogP contribution >= 0.6 is 15.9 Å². The molecule has 0 aliphatic carbocycles. The molecule has 0 bridgehead atoms. The monoisotopic (exact) mass is 512 g/mol. The summed E-state index contributed by atoms with van der Waals surface area (Å²) >= 11 is 3.54. The molecule has 35 heavy (non-hydrogen) atoms. The van der Waals surface area contributed by atoms with Gasteiger partial charge in [0.2, 0.25) is 0 Å². The van der Waals surface area contributed by atoms with Crippen LogP contribution in [0.4, 0.5) is 0 Å². The van der Waals surface area contributed by atoms with Crippen molar-refractivity contribution in [1.82, 2.24) is 0 Å². The van der Waals surface area contributed by atoms with E-state index in [9.17, 15) is 0 Å². The van der Waals surface area contributed by atoms with Crippen molar-refractivity contribution in [1.29, 1.82) is 0 Å². The SMILES string of the molecule is Cc1ccc(-c2cccc(-c3ccc(Br)cc3)c2)cc1-c1c(C)c2ccccc2c2ccccc12. The van der Waals surface area contributed by atoms with Crippen LogP contribution in [-0.2, 0) is 0 Å². The second-order valence-electron chi connectivity index (χ2n) is 9.21. The smallest absolute Gasteiger partial charge is 0.0175 e. The van der Waals surface area contributed by atoms with Crippen LogP contribution < -0.4 is 0 Å². The lowest BCUT2D eigenvalue weighted by molar-refractivity contribution is 1.44. The number of rotatable bonds is 3. The Morgan fingerprint density at radius 1 is 0.457 bits per heavy atom. The molecule has 0 radical (unpaired) electrons. The highest BCUT2D eigenvalue weighted by atomic mass is 79.9. The zero-order valence-electron chi connectivity index (χ0n) is 19.8. The highest BCUT2D eigenvalue weighted by molar-refractivity contribution is 9.10. The van der Waals surface area contributed by atoms with Crippen LogP contribution in [0.25, 0.3) is 54.9 Å². The van der Waals surface area contributed by atoms with E-state index in [0.717, 1.165) is 4.47 Å². The van der Waals surface area contributed by atoms with E-state index >= 15 is 0 Å². The topological polar surface area (TPSA) is 0 Å². The molecule has 6 aromatic rings. The van der Waals surface area contributed by atoms with E-state index in [2.05, 4.69) is 145 Å². The van der Waals surface area contributed by atoms with Crippen molar-refractivity contribution in [3.05, 3.63) is 131 Å². The number of halogens is 1. The number of fused-ring (bicyclic) bond motifs is 3. The average Bonchev–Trinajstić information content (AvgIpc) is 2.90. The van der Waals surface area contributed by atoms with Gasteiger partial charge < -0.3 is 0 Å². The lowest BCUT2D eigenvalue weighted by Crippen LogP contribution is -1.93. The van der Waals surface area contributed by atoms with Gasteiger partial charge in [-0.15, -0.1) is 0 Å². The normalized spacial score (nSPS) is 11.3. The first-order valence-corrected chi connectivity index (χ1v) is 12.8. The summed E-state index contributed by atoms with van der Waals surface area (Å²) in [7, 11) is 0. The Morgan fingerprint density at radius 3 is 1.71 bits per heavy atom. The molecule has 0 aliphatic heterocycles. The first-order valence-electron chi connectivity index (χ1n) is 12.0. The third-order valence-electron chi connectivity index (χ3n) is 7.07. The highest BCUT2D eigenvalue weighted by Gasteiger charge is 2.15. The lowest BCUT2D eigenvalue weighted by Gasteiger charge is -2.18. The largest absolute Gasteiger partial charge is 0.0616 e. The third kappa shape index (κ3) is 3.87. The minimum Gasteiger partial charge on any atom is -0.0616 e. The molecular weight excluding hydrogens is 488 g/mol. The molecule has 0 amide bonds. The molecule has 0 saturated carbocycles. The maximum absolute atomic E-state index is 3.54. The second kappa shape index (κ2) is 8.83. The van der Waals surface area contributed by atoms with Crippen LogP contribution in [0, 0.1) is 13.8 Å². The first kappa shape index (κ1) is 21.8. The van der Waals surface area contributed by atoms with Gasteiger partial charge in [0.1, 0.15) is 0 Å². The molecule has 0 aliphatic rings. The Labute approximate surface area is 215 Å². The quantitative estimate of drug-likeness (QED) is 0.207. The molecule has 0 atom stereocenters. The minimum atomic E-state index is 1.10. The number of hydrogen-bond donors (Lipinski definition) is 0. The second-order valence-corrected chi connectivity index (χ2v) is 10.1. The Morgan fingerprint density at radius 2 is 1.00 bits per heavy atom. The summed E-state index contributed by atoms with van der Waals surface area (Å²) < 4.78 is 1.10. The van der Waals surface area contributed by atoms with Gasteiger partial charge in [-0.2, -0.15) is 0 Å². The summed E-state index contributed by atoms with van der Waals surface area (Å²) in [6.07, 6.45) is 0. The Hall–Kier alpha value is -3.68. The molecule has 0 spiro atoms. The van der Waals surface area contributed by atoms with E-state index in [1.54, 1.807) is 0 Å². The average molecular weight is 513 g/mol. The van der Waals surface area contributed by atoms with Crippen LogP contribution in [0.5, 0.6) is 0 Å². The van der Waals surface area contributed by atoms with E-state index < -0.39 is 0 Å². The van der Waals surface area contributed by atoms with Crippen molar-refractivity contribution < 1.29 is 0 Å². The Bertz CT molecular complexity index is 1710. The summed E-state index contributed by atoms with van der Waals surface area (Å²) in [5, 5.41) is 5.27. The molecule has 1 heteroatoms. The molecule has 6 rings (SSSR count). The van der Waals surface area contributed by atoms with Gasteiger partial charge in [0, 0.05) is 4.47 Å². The van der Waals surface area contributed by atoms with Gasteiger partial charge in [-0.1, -0.05) is 107 Å². The van der Waals surface area contributed by atoms with Gasteiger partial charge >= 0.3 is 0 Å². The van der Waals surface area contributed by atoms with Crippen LogP contribution in [0.15, 0.2) is 120 Å². The van der Waals surface area contributed by atoms with E-state index in [1.807, 2.05) is 0 Å². The van der Waals surface area contributed by atoms with Crippen molar-refractivity contribution in [3.63, 3.8) is 0 Å². The van der Waals surface area contributed by atoms with Crippen LogP contribution in [-0.4, -0.2) is 0 Å². The first-order chi connectivity index (χ1) is 17.1. The van der Waals surface area contributed by atoms with Crippen molar-refractivity contribution in [2.75, 3.05) is 0 Å². The van der Waals surface area contributed by atoms with Gasteiger partial charge in [-0.05, 0) is 104 Å². The highest BCUT2D eigenvalue weighted by Crippen LogP contribution is 2.41. The molecule has 0 nitrogen and oxygen atoms in total. The molecule has 168 valence electrons. The van der Waals surface area contributed by atoms with Gasteiger partial charge in [-0.3, -0.25) is 0 Å². The molecule has 0 N–H and O–H groups in total. The minimum absolute atomic E-state index is 1.10. The Balaban J connectivity index is 1.56. The standard InChI is InChI=1S/C34H25Br/c1-22-14-15-27(26-9-7-8-25(20-26)24-16-18-28(35)19-17-24)21-33(22)34-23(2)29-10-3-4-11-30(29)31-12-5-6-13-32(31)34/h3-21H,1-2H3. The van der Waals surface area contributed by atoms with Gasteiger partial charge in [0.15, 0.2) is 0 Å². The van der Waals surface area contributed by atoms with Crippen molar-refractivity contribution in [3.8, 4) is 33.4 Å². The molecule has 0 unspecified atom stereocenters. The zero-order chi connectivity index (χ0) is 23.9. The number of hydrogen-bond acceptors (Lipinski definition) is 0. The summed E-state index contributed by atoms with van der Waals surface area (Å²) in [6.45, 7) is 4.49. The maximum atomic E-state index is 3.54. The molecule has 0 heterocycles. The summed E-state index contributed by atoms with van der Waals surface area (Å²) in [6, 6.07) is 41.8. The molecule has 0 saturated heterocycles. The van der Waals surface area contributed by atoms with E-state index in [0.29, 0.717) is 0 Å². The lowest BCUT2D eigenvalue weighted by atomic mass is 9.86.